The Hall–Kier alpha value is -4.07. The molecule has 0 saturated heterocycles. The van der Waals surface area contributed by atoms with Crippen LogP contribution in [0.4, 0.5) is 10.1 Å². The van der Waals surface area contributed by atoms with Crippen LogP contribution in [0, 0.1) is 15.9 Å². The first kappa shape index (κ1) is 24.6. The molecule has 0 bridgehead atoms. The van der Waals surface area contributed by atoms with Crippen LogP contribution < -0.4 is 5.32 Å². The third-order valence-corrected chi connectivity index (χ3v) is 5.42. The summed E-state index contributed by atoms with van der Waals surface area (Å²) in [5.74, 6) is -1.18. The first-order chi connectivity index (χ1) is 16.4. The summed E-state index contributed by atoms with van der Waals surface area (Å²) in [7, 11) is 0. The van der Waals surface area contributed by atoms with Crippen LogP contribution in [0.5, 0.6) is 0 Å². The second kappa shape index (κ2) is 11.7. The molecule has 176 valence electrons. The highest BCUT2D eigenvalue weighted by molar-refractivity contribution is 5.89. The van der Waals surface area contributed by atoms with Crippen molar-refractivity contribution in [2.45, 2.75) is 32.4 Å². The van der Waals surface area contributed by atoms with Crippen LogP contribution in [0.15, 0.2) is 78.9 Å². The highest BCUT2D eigenvalue weighted by atomic mass is 19.1. The Morgan fingerprint density at radius 2 is 1.62 bits per heavy atom. The van der Waals surface area contributed by atoms with E-state index in [4.69, 9.17) is 0 Å². The molecule has 0 unspecified atom stereocenters. The summed E-state index contributed by atoms with van der Waals surface area (Å²) >= 11 is 0. The summed E-state index contributed by atoms with van der Waals surface area (Å²) in [6, 6.07) is 20.2. The van der Waals surface area contributed by atoms with Crippen LogP contribution >= 0.6 is 0 Å². The quantitative estimate of drug-likeness (QED) is 0.363. The van der Waals surface area contributed by atoms with Crippen LogP contribution in [-0.2, 0) is 29.0 Å². The summed E-state index contributed by atoms with van der Waals surface area (Å²) < 4.78 is 13.5. The molecule has 0 aliphatic rings. The molecule has 2 amide bonds. The number of benzene rings is 3. The lowest BCUT2D eigenvalue weighted by atomic mass is 10.0. The number of nitro groups is 1. The average molecular weight is 464 g/mol. The Morgan fingerprint density at radius 3 is 2.26 bits per heavy atom. The van der Waals surface area contributed by atoms with E-state index in [2.05, 4.69) is 5.32 Å². The van der Waals surface area contributed by atoms with Crippen LogP contribution in [0.2, 0.25) is 0 Å². The summed E-state index contributed by atoms with van der Waals surface area (Å²) in [6.07, 6.45) is 0.0134. The molecule has 0 spiro atoms. The van der Waals surface area contributed by atoms with Crippen molar-refractivity contribution in [2.75, 3.05) is 6.54 Å². The molecule has 0 saturated carbocycles. The van der Waals surface area contributed by atoms with Gasteiger partial charge in [-0.15, -0.1) is 0 Å². The fourth-order valence-electron chi connectivity index (χ4n) is 3.74. The van der Waals surface area contributed by atoms with Crippen molar-refractivity contribution in [3.05, 3.63) is 111 Å². The van der Waals surface area contributed by atoms with E-state index in [1.54, 1.807) is 25.1 Å². The lowest BCUT2D eigenvalue weighted by molar-refractivity contribution is -0.385. The van der Waals surface area contributed by atoms with Gasteiger partial charge in [-0.1, -0.05) is 60.7 Å². The first-order valence-corrected chi connectivity index (χ1v) is 11.0. The predicted molar refractivity (Wildman–Crippen MR) is 126 cm³/mol. The highest BCUT2D eigenvalue weighted by Gasteiger charge is 2.31. The monoisotopic (exact) mass is 463 g/mol. The Labute approximate surface area is 197 Å². The van der Waals surface area contributed by atoms with E-state index in [9.17, 15) is 24.1 Å². The van der Waals surface area contributed by atoms with Crippen LogP contribution in [0.3, 0.4) is 0 Å². The van der Waals surface area contributed by atoms with Gasteiger partial charge in [0, 0.05) is 31.1 Å². The van der Waals surface area contributed by atoms with Gasteiger partial charge in [-0.25, -0.2) is 4.39 Å². The third kappa shape index (κ3) is 6.48. The van der Waals surface area contributed by atoms with Gasteiger partial charge in [0.1, 0.15) is 11.9 Å². The SMILES string of the molecule is CCNC(=O)[C@@H](Cc1ccccc1)N(Cc1ccc(F)cc1)C(=O)Cc1ccccc1[N+](=O)[O-]. The highest BCUT2D eigenvalue weighted by Crippen LogP contribution is 2.21. The van der Waals surface area contributed by atoms with E-state index < -0.39 is 22.7 Å². The molecule has 0 fully saturated rings. The number of amides is 2. The summed E-state index contributed by atoms with van der Waals surface area (Å²) in [6.45, 7) is 2.22. The number of nitrogens with one attached hydrogen (secondary N) is 1. The number of halogens is 1. The van der Waals surface area contributed by atoms with Gasteiger partial charge in [0.2, 0.25) is 11.8 Å². The van der Waals surface area contributed by atoms with E-state index in [-0.39, 0.29) is 36.5 Å². The van der Waals surface area contributed by atoms with Crippen molar-refractivity contribution in [3.63, 3.8) is 0 Å². The number of hydrogen-bond donors (Lipinski definition) is 1. The van der Waals surface area contributed by atoms with E-state index in [0.29, 0.717) is 12.1 Å². The van der Waals surface area contributed by atoms with Crippen molar-refractivity contribution in [1.82, 2.24) is 10.2 Å². The van der Waals surface area contributed by atoms with Crippen LogP contribution in [0.25, 0.3) is 0 Å². The van der Waals surface area contributed by atoms with Gasteiger partial charge < -0.3 is 10.2 Å². The molecule has 7 nitrogen and oxygen atoms in total. The largest absolute Gasteiger partial charge is 0.355 e. The van der Waals surface area contributed by atoms with Crippen molar-refractivity contribution in [3.8, 4) is 0 Å². The molecular weight excluding hydrogens is 437 g/mol. The number of rotatable bonds is 10. The molecule has 3 aromatic carbocycles. The lowest BCUT2D eigenvalue weighted by Gasteiger charge is -2.31. The van der Waals surface area contributed by atoms with Crippen LogP contribution in [0.1, 0.15) is 23.6 Å². The number of carbonyl (C=O) groups is 2. The molecule has 8 heteroatoms. The van der Waals surface area contributed by atoms with E-state index in [1.807, 2.05) is 30.3 Å². The van der Waals surface area contributed by atoms with Crippen molar-refractivity contribution in [2.24, 2.45) is 0 Å². The van der Waals surface area contributed by atoms with Crippen molar-refractivity contribution in [1.29, 1.82) is 0 Å². The van der Waals surface area contributed by atoms with Crippen LogP contribution in [-0.4, -0.2) is 34.2 Å². The predicted octanol–water partition coefficient (Wildman–Crippen LogP) is 4.05. The van der Waals surface area contributed by atoms with Gasteiger partial charge in [-0.3, -0.25) is 19.7 Å². The number of nitrogens with zero attached hydrogens (tertiary/aromatic N) is 2. The van der Waals surface area contributed by atoms with E-state index in [0.717, 1.165) is 5.56 Å². The van der Waals surface area contributed by atoms with Crippen molar-refractivity contribution >= 4 is 17.5 Å². The Balaban J connectivity index is 1.99. The normalized spacial score (nSPS) is 11.5. The minimum atomic E-state index is -0.859. The fraction of sp³-hybridized carbons (Fsp3) is 0.231. The second-order valence-corrected chi connectivity index (χ2v) is 7.81. The van der Waals surface area contributed by atoms with Gasteiger partial charge >= 0.3 is 0 Å². The van der Waals surface area contributed by atoms with Gasteiger partial charge in [-0.05, 0) is 30.2 Å². The second-order valence-electron chi connectivity index (χ2n) is 7.81. The van der Waals surface area contributed by atoms with Gasteiger partial charge in [0.05, 0.1) is 11.3 Å². The first-order valence-electron chi connectivity index (χ1n) is 11.0. The number of para-hydroxylation sites is 1. The molecule has 0 aliphatic carbocycles. The van der Waals surface area contributed by atoms with E-state index >= 15 is 0 Å². The maximum atomic E-state index is 13.5. The molecular formula is C26H26FN3O4. The zero-order valence-electron chi connectivity index (χ0n) is 18.8. The van der Waals surface area contributed by atoms with Gasteiger partial charge in [0.15, 0.2) is 0 Å². The number of carbonyl (C=O) groups excluding carboxylic acids is 2. The standard InChI is InChI=1S/C26H26FN3O4/c1-2-28-26(32)24(16-19-8-4-3-5-9-19)29(18-20-12-14-22(27)15-13-20)25(31)17-21-10-6-7-11-23(21)30(33)34/h3-15,24H,2,16-18H2,1H3,(H,28,32)/t24-/m1/s1. The number of nitro benzene ring substituents is 1. The Bertz CT molecular complexity index is 1140. The minimum absolute atomic E-state index is 0.0500. The third-order valence-electron chi connectivity index (χ3n) is 5.42. The molecule has 1 N–H and O–H groups in total. The average Bonchev–Trinajstić information content (AvgIpc) is 2.83. The summed E-state index contributed by atoms with van der Waals surface area (Å²) in [4.78, 5) is 39.0. The number of hydrogen-bond acceptors (Lipinski definition) is 4. The maximum absolute atomic E-state index is 13.5. The zero-order valence-corrected chi connectivity index (χ0v) is 18.8. The maximum Gasteiger partial charge on any atom is 0.273 e. The lowest BCUT2D eigenvalue weighted by Crippen LogP contribution is -2.51. The molecule has 0 aliphatic heterocycles. The topological polar surface area (TPSA) is 92.6 Å². The van der Waals surface area contributed by atoms with E-state index in [1.165, 1.54) is 35.2 Å². The fourth-order valence-corrected chi connectivity index (χ4v) is 3.74. The molecule has 3 aromatic rings. The Kier molecular flexibility index (Phi) is 8.45. The molecule has 0 radical (unpaired) electrons. The van der Waals surface area contributed by atoms with Gasteiger partial charge in [-0.2, -0.15) is 0 Å². The summed E-state index contributed by atoms with van der Waals surface area (Å²) in [5.41, 5.74) is 1.60. The molecule has 1 atom stereocenters. The Morgan fingerprint density at radius 1 is 0.971 bits per heavy atom. The van der Waals surface area contributed by atoms with Crippen molar-refractivity contribution < 1.29 is 18.9 Å². The number of likely N-dealkylation sites (N-methyl/N-ethyl adjacent to an activating group) is 1. The summed E-state index contributed by atoms with van der Waals surface area (Å²) in [5, 5.41) is 14.2. The zero-order chi connectivity index (χ0) is 24.5. The minimum Gasteiger partial charge on any atom is -0.355 e. The molecule has 34 heavy (non-hydrogen) atoms. The molecule has 3 rings (SSSR count). The molecule has 0 aromatic heterocycles. The smallest absolute Gasteiger partial charge is 0.273 e. The molecule has 0 heterocycles. The van der Waals surface area contributed by atoms with Gasteiger partial charge in [0.25, 0.3) is 5.69 Å².